The molecular weight excluding hydrogens is 767 g/mol. The van der Waals surface area contributed by atoms with Crippen molar-refractivity contribution < 1.29 is 24.5 Å². The van der Waals surface area contributed by atoms with Crippen LogP contribution in [0, 0.1) is 0 Å². The van der Waals surface area contributed by atoms with Crippen LogP contribution in [-0.4, -0.2) is 46.9 Å². The van der Waals surface area contributed by atoms with Crippen LogP contribution in [0.3, 0.4) is 0 Å². The number of esters is 1. The van der Waals surface area contributed by atoms with Gasteiger partial charge in [0.2, 0.25) is 5.91 Å². The first kappa shape index (κ1) is 60.9. The summed E-state index contributed by atoms with van der Waals surface area (Å²) in [7, 11) is 0. The van der Waals surface area contributed by atoms with E-state index in [1.807, 2.05) is 0 Å². The van der Waals surface area contributed by atoms with Crippen molar-refractivity contribution in [1.82, 2.24) is 5.32 Å². The second-order valence-corrected chi connectivity index (χ2v) is 19.7. The lowest BCUT2D eigenvalue weighted by Gasteiger charge is -2.24. The molecule has 0 aliphatic heterocycles. The molecule has 62 heavy (non-hydrogen) atoms. The first-order valence-corrected chi connectivity index (χ1v) is 28.3. The van der Waals surface area contributed by atoms with Crippen molar-refractivity contribution >= 4 is 11.9 Å². The maximum Gasteiger partial charge on any atom is 0.306 e. The van der Waals surface area contributed by atoms with Crippen molar-refractivity contribution in [2.24, 2.45) is 0 Å². The Kier molecular flexibility index (Phi) is 49.9. The third kappa shape index (κ3) is 45.4. The van der Waals surface area contributed by atoms with Gasteiger partial charge in [0.15, 0.2) is 0 Å². The Labute approximate surface area is 387 Å². The minimum Gasteiger partial charge on any atom is -0.462 e. The second kappa shape index (κ2) is 50.9. The van der Waals surface area contributed by atoms with E-state index < -0.39 is 18.2 Å². The average Bonchev–Trinajstić information content (AvgIpc) is 3.26. The Balaban J connectivity index is 4.45. The molecule has 3 N–H and O–H groups in total. The lowest BCUT2D eigenvalue weighted by atomic mass is 10.0. The summed E-state index contributed by atoms with van der Waals surface area (Å²) in [5.74, 6) is -0.447. The van der Waals surface area contributed by atoms with Crippen molar-refractivity contribution in [3.63, 3.8) is 0 Å². The Bertz CT molecular complexity index is 898. The normalized spacial score (nSPS) is 13.0. The Hall–Kier alpha value is -1.14. The van der Waals surface area contributed by atoms with Gasteiger partial charge in [0, 0.05) is 6.42 Å². The summed E-state index contributed by atoms with van der Waals surface area (Å²) < 4.78 is 5.96. The summed E-state index contributed by atoms with van der Waals surface area (Å²) in [6.07, 6.45) is 56.0. The van der Waals surface area contributed by atoms with Gasteiger partial charge >= 0.3 is 5.97 Å². The lowest BCUT2D eigenvalue weighted by molar-refractivity contribution is -0.151. The fourth-order valence-corrected chi connectivity index (χ4v) is 9.14. The van der Waals surface area contributed by atoms with Crippen molar-refractivity contribution in [1.29, 1.82) is 0 Å². The SMILES string of the molecule is CCCCCCCCCCCCCCCCCCCCC(=O)OC(CCCCCCCCCCCCCCCCCC)CC(=O)NC(CO)C(O)CCCCCCCCCCC. The van der Waals surface area contributed by atoms with Crippen LogP contribution in [0.2, 0.25) is 0 Å². The smallest absolute Gasteiger partial charge is 0.306 e. The maximum atomic E-state index is 13.2. The average molecular weight is 879 g/mol. The van der Waals surface area contributed by atoms with Crippen LogP contribution in [0.25, 0.3) is 0 Å². The van der Waals surface area contributed by atoms with Gasteiger partial charge in [0.25, 0.3) is 0 Å². The zero-order valence-corrected chi connectivity index (χ0v) is 42.3. The third-order valence-electron chi connectivity index (χ3n) is 13.4. The number of amides is 1. The fourth-order valence-electron chi connectivity index (χ4n) is 9.14. The molecule has 1 amide bonds. The summed E-state index contributed by atoms with van der Waals surface area (Å²) in [5, 5.41) is 23.7. The minimum atomic E-state index is -0.778. The zero-order chi connectivity index (χ0) is 45.2. The first-order valence-electron chi connectivity index (χ1n) is 28.3. The topological polar surface area (TPSA) is 95.9 Å². The fraction of sp³-hybridized carbons (Fsp3) is 0.964. The largest absolute Gasteiger partial charge is 0.462 e. The molecule has 0 bridgehead atoms. The van der Waals surface area contributed by atoms with E-state index in [1.54, 1.807) is 0 Å². The van der Waals surface area contributed by atoms with Gasteiger partial charge < -0.3 is 20.3 Å². The number of aliphatic hydroxyl groups is 2. The summed E-state index contributed by atoms with van der Waals surface area (Å²) in [6, 6.07) is -0.692. The summed E-state index contributed by atoms with van der Waals surface area (Å²) >= 11 is 0. The minimum absolute atomic E-state index is 0.0882. The number of nitrogens with one attached hydrogen (secondary N) is 1. The number of hydrogen-bond acceptors (Lipinski definition) is 5. The van der Waals surface area contributed by atoms with Crippen LogP contribution in [0.4, 0.5) is 0 Å². The van der Waals surface area contributed by atoms with Gasteiger partial charge in [-0.1, -0.05) is 284 Å². The van der Waals surface area contributed by atoms with E-state index >= 15 is 0 Å². The molecule has 0 aromatic carbocycles. The molecule has 0 fully saturated rings. The van der Waals surface area contributed by atoms with Gasteiger partial charge in [-0.2, -0.15) is 0 Å². The van der Waals surface area contributed by atoms with E-state index in [9.17, 15) is 19.8 Å². The Morgan fingerprint density at radius 3 is 0.984 bits per heavy atom. The zero-order valence-electron chi connectivity index (χ0n) is 42.3. The molecule has 3 atom stereocenters. The van der Waals surface area contributed by atoms with E-state index in [2.05, 4.69) is 26.1 Å². The predicted molar refractivity (Wildman–Crippen MR) is 269 cm³/mol. The Morgan fingerprint density at radius 2 is 0.677 bits per heavy atom. The van der Waals surface area contributed by atoms with Crippen molar-refractivity contribution in [2.75, 3.05) is 6.61 Å². The monoisotopic (exact) mass is 878 g/mol. The number of unbranched alkanes of at least 4 members (excludes halogenated alkanes) is 40. The van der Waals surface area contributed by atoms with Gasteiger partial charge in [-0.25, -0.2) is 0 Å². The number of ether oxygens (including phenoxy) is 1. The highest BCUT2D eigenvalue weighted by Gasteiger charge is 2.24. The van der Waals surface area contributed by atoms with Crippen molar-refractivity contribution in [3.8, 4) is 0 Å². The van der Waals surface area contributed by atoms with Crippen LogP contribution in [0.5, 0.6) is 0 Å². The maximum absolute atomic E-state index is 13.2. The van der Waals surface area contributed by atoms with Gasteiger partial charge in [-0.15, -0.1) is 0 Å². The van der Waals surface area contributed by atoms with Crippen LogP contribution in [-0.2, 0) is 14.3 Å². The molecule has 0 saturated heterocycles. The highest BCUT2D eigenvalue weighted by molar-refractivity contribution is 5.77. The van der Waals surface area contributed by atoms with Crippen LogP contribution >= 0.6 is 0 Å². The van der Waals surface area contributed by atoms with E-state index in [4.69, 9.17) is 4.74 Å². The van der Waals surface area contributed by atoms with Gasteiger partial charge in [0.05, 0.1) is 25.2 Å². The van der Waals surface area contributed by atoms with Gasteiger partial charge in [-0.3, -0.25) is 9.59 Å². The molecule has 6 nitrogen and oxygen atoms in total. The summed E-state index contributed by atoms with van der Waals surface area (Å²) in [5.41, 5.74) is 0. The first-order chi connectivity index (χ1) is 30.5. The molecule has 0 aromatic rings. The molecule has 0 heterocycles. The number of aliphatic hydroxyl groups excluding tert-OH is 2. The highest BCUT2D eigenvalue weighted by Crippen LogP contribution is 2.19. The molecule has 3 unspecified atom stereocenters. The summed E-state index contributed by atoms with van der Waals surface area (Å²) in [6.45, 7) is 6.51. The van der Waals surface area contributed by atoms with E-state index in [0.29, 0.717) is 19.3 Å². The van der Waals surface area contributed by atoms with E-state index in [1.165, 1.54) is 238 Å². The van der Waals surface area contributed by atoms with Gasteiger partial charge in [-0.05, 0) is 25.7 Å². The molecule has 0 rings (SSSR count). The molecule has 0 spiro atoms. The van der Waals surface area contributed by atoms with Crippen LogP contribution in [0.1, 0.15) is 323 Å². The second-order valence-electron chi connectivity index (χ2n) is 19.7. The van der Waals surface area contributed by atoms with E-state index in [-0.39, 0.29) is 24.9 Å². The molecular formula is C56H111NO5. The molecule has 0 aliphatic carbocycles. The number of carbonyl (C=O) groups excluding carboxylic acids is 2. The number of rotatable bonds is 52. The third-order valence-corrected chi connectivity index (χ3v) is 13.4. The summed E-state index contributed by atoms with van der Waals surface area (Å²) in [4.78, 5) is 26.2. The van der Waals surface area contributed by atoms with Crippen molar-refractivity contribution in [3.05, 3.63) is 0 Å². The standard InChI is InChI=1S/C56H111NO5/c1-4-7-10-13-16-19-21-23-25-27-28-30-32-34-37-40-43-46-49-56(61)62-52(47-44-41-38-36-33-31-29-26-24-22-20-17-14-11-8-5-2)50-55(60)57-53(51-58)54(59)48-45-42-39-35-18-15-12-9-6-3/h52-54,58-59H,4-51H2,1-3H3,(H,57,60). The molecule has 0 saturated carbocycles. The molecule has 0 aromatic heterocycles. The predicted octanol–water partition coefficient (Wildman–Crippen LogP) is 17.1. The van der Waals surface area contributed by atoms with Crippen LogP contribution in [0.15, 0.2) is 0 Å². The molecule has 6 heteroatoms. The van der Waals surface area contributed by atoms with E-state index in [0.717, 1.165) is 38.5 Å². The van der Waals surface area contributed by atoms with Gasteiger partial charge in [0.1, 0.15) is 6.10 Å². The van der Waals surface area contributed by atoms with Crippen LogP contribution < -0.4 is 5.32 Å². The Morgan fingerprint density at radius 1 is 0.403 bits per heavy atom. The molecule has 0 radical (unpaired) electrons. The highest BCUT2D eigenvalue weighted by atomic mass is 16.5. The number of carbonyl (C=O) groups is 2. The van der Waals surface area contributed by atoms with Crippen molar-refractivity contribution in [2.45, 2.75) is 341 Å². The molecule has 370 valence electrons. The lowest BCUT2D eigenvalue weighted by Crippen LogP contribution is -2.46. The quantitative estimate of drug-likeness (QED) is 0.0418. The number of hydrogen-bond donors (Lipinski definition) is 3. The molecule has 0 aliphatic rings.